The van der Waals surface area contributed by atoms with Gasteiger partial charge >= 0.3 is 5.76 Å². The SMILES string of the molecule is O=C(CCCc1nc(-c2ccc(Cl)cc2)no1)Nc1cccc(-c2noc(=O)[nH]2)c1. The molecule has 2 heterocycles. The van der Waals surface area contributed by atoms with Gasteiger partial charge in [0, 0.05) is 34.7 Å². The summed E-state index contributed by atoms with van der Waals surface area (Å²) in [5, 5.41) is 11.0. The first-order valence-electron chi connectivity index (χ1n) is 9.11. The zero-order valence-electron chi connectivity index (χ0n) is 15.6. The number of amides is 1. The van der Waals surface area contributed by atoms with E-state index >= 15 is 0 Å². The van der Waals surface area contributed by atoms with E-state index in [4.69, 9.17) is 16.1 Å². The summed E-state index contributed by atoms with van der Waals surface area (Å²) in [7, 11) is 0. The minimum Gasteiger partial charge on any atom is -0.339 e. The second-order valence-electron chi connectivity index (χ2n) is 6.44. The summed E-state index contributed by atoms with van der Waals surface area (Å²) in [6.07, 6.45) is 1.31. The number of H-pyrrole nitrogens is 1. The standard InChI is InChI=1S/C20H16ClN5O4/c21-14-9-7-12(8-10-14)18-23-17(29-25-18)6-2-5-16(27)22-15-4-1-3-13(11-15)19-24-20(28)30-26-19/h1,3-4,7-11H,2,5-6H2,(H,22,27)(H,24,26,28). The van der Waals surface area contributed by atoms with E-state index in [1.165, 1.54) is 0 Å². The van der Waals surface area contributed by atoms with Crippen molar-refractivity contribution in [2.45, 2.75) is 19.3 Å². The Balaban J connectivity index is 1.29. The summed E-state index contributed by atoms with van der Waals surface area (Å²) < 4.78 is 9.74. The van der Waals surface area contributed by atoms with E-state index < -0.39 is 5.76 Å². The largest absolute Gasteiger partial charge is 0.439 e. The number of hydrogen-bond acceptors (Lipinski definition) is 7. The quantitative estimate of drug-likeness (QED) is 0.462. The number of hydrogen-bond donors (Lipinski definition) is 2. The first-order valence-corrected chi connectivity index (χ1v) is 9.49. The molecule has 0 atom stereocenters. The summed E-state index contributed by atoms with van der Waals surface area (Å²) in [5.41, 5.74) is 2.02. The van der Waals surface area contributed by atoms with E-state index in [2.05, 4.69) is 30.1 Å². The van der Waals surface area contributed by atoms with Crippen molar-refractivity contribution in [1.29, 1.82) is 0 Å². The topological polar surface area (TPSA) is 127 Å². The van der Waals surface area contributed by atoms with Gasteiger partial charge in [0.05, 0.1) is 0 Å². The molecule has 4 rings (SSSR count). The third-order valence-corrected chi connectivity index (χ3v) is 4.48. The van der Waals surface area contributed by atoms with Crippen molar-refractivity contribution in [3.05, 3.63) is 70.0 Å². The number of aromatic nitrogens is 4. The maximum absolute atomic E-state index is 12.2. The number of anilines is 1. The molecule has 2 N–H and O–H groups in total. The van der Waals surface area contributed by atoms with Gasteiger partial charge in [-0.3, -0.25) is 14.3 Å². The number of nitrogens with zero attached hydrogens (tertiary/aromatic N) is 3. The molecule has 2 aromatic carbocycles. The Hall–Kier alpha value is -3.72. The summed E-state index contributed by atoms with van der Waals surface area (Å²) in [5.74, 6) is 0.445. The Bertz CT molecular complexity index is 1210. The van der Waals surface area contributed by atoms with Gasteiger partial charge in [-0.25, -0.2) is 4.79 Å². The van der Waals surface area contributed by atoms with E-state index in [1.807, 2.05) is 12.1 Å². The van der Waals surface area contributed by atoms with Crippen LogP contribution >= 0.6 is 11.6 Å². The lowest BCUT2D eigenvalue weighted by Gasteiger charge is -2.05. The van der Waals surface area contributed by atoms with Crippen LogP contribution in [0.2, 0.25) is 5.02 Å². The number of carbonyl (C=O) groups excluding carboxylic acids is 1. The minimum absolute atomic E-state index is 0.154. The van der Waals surface area contributed by atoms with Crippen LogP contribution in [0.15, 0.2) is 62.4 Å². The number of aryl methyl sites for hydroxylation is 1. The normalized spacial score (nSPS) is 10.8. The lowest BCUT2D eigenvalue weighted by molar-refractivity contribution is -0.116. The van der Waals surface area contributed by atoms with Gasteiger partial charge in [-0.15, -0.1) is 0 Å². The molecule has 152 valence electrons. The van der Waals surface area contributed by atoms with E-state index in [1.54, 1.807) is 36.4 Å². The highest BCUT2D eigenvalue weighted by atomic mass is 35.5. The van der Waals surface area contributed by atoms with Crippen molar-refractivity contribution in [2.24, 2.45) is 0 Å². The third-order valence-electron chi connectivity index (χ3n) is 4.23. The molecule has 10 heteroatoms. The molecule has 1 amide bonds. The van der Waals surface area contributed by atoms with E-state index in [0.29, 0.717) is 46.7 Å². The lowest BCUT2D eigenvalue weighted by atomic mass is 10.1. The van der Waals surface area contributed by atoms with E-state index in [-0.39, 0.29) is 12.3 Å². The van der Waals surface area contributed by atoms with Crippen molar-refractivity contribution in [2.75, 3.05) is 5.32 Å². The zero-order chi connectivity index (χ0) is 20.9. The predicted molar refractivity (Wildman–Crippen MR) is 109 cm³/mol. The number of halogens is 1. The first kappa shape index (κ1) is 19.6. The molecule has 9 nitrogen and oxygen atoms in total. The van der Waals surface area contributed by atoms with Gasteiger partial charge in [0.25, 0.3) is 0 Å². The van der Waals surface area contributed by atoms with Gasteiger partial charge in [0.15, 0.2) is 5.82 Å². The Labute approximate surface area is 175 Å². The molecule has 0 spiro atoms. The predicted octanol–water partition coefficient (Wildman–Crippen LogP) is 3.69. The van der Waals surface area contributed by atoms with E-state index in [0.717, 1.165) is 5.56 Å². The zero-order valence-corrected chi connectivity index (χ0v) is 16.3. The number of rotatable bonds is 7. The highest BCUT2D eigenvalue weighted by Gasteiger charge is 2.11. The van der Waals surface area contributed by atoms with Crippen molar-refractivity contribution in [3.8, 4) is 22.8 Å². The summed E-state index contributed by atoms with van der Waals surface area (Å²) >= 11 is 5.88. The molecular weight excluding hydrogens is 410 g/mol. The van der Waals surface area contributed by atoms with Gasteiger partial charge < -0.3 is 9.84 Å². The van der Waals surface area contributed by atoms with Gasteiger partial charge in [0.1, 0.15) is 0 Å². The van der Waals surface area contributed by atoms with Gasteiger partial charge in [0.2, 0.25) is 17.6 Å². The maximum atomic E-state index is 12.2. The van der Waals surface area contributed by atoms with Crippen LogP contribution in [0.1, 0.15) is 18.7 Å². The summed E-state index contributed by atoms with van der Waals surface area (Å²) in [4.78, 5) is 30.1. The van der Waals surface area contributed by atoms with Crippen LogP contribution < -0.4 is 11.1 Å². The number of aromatic amines is 1. The molecule has 0 aliphatic rings. The molecule has 0 aliphatic heterocycles. The van der Waals surface area contributed by atoms with Crippen LogP contribution in [-0.2, 0) is 11.2 Å². The molecule has 4 aromatic rings. The molecule has 0 bridgehead atoms. The van der Waals surface area contributed by atoms with Crippen molar-refractivity contribution in [3.63, 3.8) is 0 Å². The third kappa shape index (κ3) is 4.81. The number of benzene rings is 2. The van der Waals surface area contributed by atoms with Gasteiger partial charge in [-0.1, -0.05) is 34.0 Å². The molecule has 0 radical (unpaired) electrons. The van der Waals surface area contributed by atoms with Crippen LogP contribution in [0.3, 0.4) is 0 Å². The smallest absolute Gasteiger partial charge is 0.339 e. The van der Waals surface area contributed by atoms with Crippen molar-refractivity contribution >= 4 is 23.2 Å². The monoisotopic (exact) mass is 425 g/mol. The van der Waals surface area contributed by atoms with Crippen LogP contribution in [0, 0.1) is 0 Å². The van der Waals surface area contributed by atoms with Crippen LogP contribution in [0.5, 0.6) is 0 Å². The summed E-state index contributed by atoms with van der Waals surface area (Å²) in [6.45, 7) is 0. The highest BCUT2D eigenvalue weighted by Crippen LogP contribution is 2.20. The van der Waals surface area contributed by atoms with Crippen molar-refractivity contribution in [1.82, 2.24) is 20.3 Å². The lowest BCUT2D eigenvalue weighted by Crippen LogP contribution is -2.11. The second-order valence-corrected chi connectivity index (χ2v) is 6.88. The molecule has 2 aromatic heterocycles. The Kier molecular flexibility index (Phi) is 5.71. The number of nitrogens with one attached hydrogen (secondary N) is 2. The highest BCUT2D eigenvalue weighted by molar-refractivity contribution is 6.30. The molecule has 0 unspecified atom stereocenters. The molecule has 0 fully saturated rings. The molecule has 0 saturated carbocycles. The fourth-order valence-corrected chi connectivity index (χ4v) is 2.92. The van der Waals surface area contributed by atoms with Gasteiger partial charge in [-0.05, 0) is 42.8 Å². The molecular formula is C20H16ClN5O4. The van der Waals surface area contributed by atoms with E-state index in [9.17, 15) is 9.59 Å². The van der Waals surface area contributed by atoms with Crippen LogP contribution in [0.4, 0.5) is 5.69 Å². The molecule has 0 saturated heterocycles. The minimum atomic E-state index is -0.639. The maximum Gasteiger partial charge on any atom is 0.439 e. The average molecular weight is 426 g/mol. The number of carbonyl (C=O) groups is 1. The van der Waals surface area contributed by atoms with Crippen LogP contribution in [0.25, 0.3) is 22.8 Å². The Morgan fingerprint density at radius 1 is 1.07 bits per heavy atom. The van der Waals surface area contributed by atoms with Crippen molar-refractivity contribution < 1.29 is 13.8 Å². The molecule has 0 aliphatic carbocycles. The Morgan fingerprint density at radius 3 is 2.67 bits per heavy atom. The fourth-order valence-electron chi connectivity index (χ4n) is 2.79. The van der Waals surface area contributed by atoms with Crippen LogP contribution in [-0.4, -0.2) is 26.2 Å². The van der Waals surface area contributed by atoms with Gasteiger partial charge in [-0.2, -0.15) is 4.98 Å². The fraction of sp³-hybridized carbons (Fsp3) is 0.150. The Morgan fingerprint density at radius 2 is 1.90 bits per heavy atom. The second kappa shape index (κ2) is 8.75. The summed E-state index contributed by atoms with van der Waals surface area (Å²) in [6, 6.07) is 14.1. The molecule has 30 heavy (non-hydrogen) atoms. The average Bonchev–Trinajstić information content (AvgIpc) is 3.38. The first-order chi connectivity index (χ1) is 14.6.